The van der Waals surface area contributed by atoms with Crippen LogP contribution in [0.4, 0.5) is 0 Å². The Hall–Kier alpha value is -1.39. The van der Waals surface area contributed by atoms with Crippen LogP contribution in [0.5, 0.6) is 0 Å². The molecule has 0 saturated carbocycles. The van der Waals surface area contributed by atoms with Gasteiger partial charge in [-0.15, -0.1) is 0 Å². The fourth-order valence-electron chi connectivity index (χ4n) is 1.90. The van der Waals surface area contributed by atoms with Crippen LogP contribution in [0.1, 0.15) is 5.56 Å². The summed E-state index contributed by atoms with van der Waals surface area (Å²) in [6.45, 7) is 1.93. The number of hydrogen-bond acceptors (Lipinski definition) is 2. The first-order valence-corrected chi connectivity index (χ1v) is 6.79. The second kappa shape index (κ2) is 4.13. The fourth-order valence-corrected chi connectivity index (χ4v) is 3.08. The third-order valence-corrected chi connectivity index (χ3v) is 4.69. The average molecular weight is 249 g/mol. The topological polar surface area (TPSA) is 37.4 Å². The highest BCUT2D eigenvalue weighted by molar-refractivity contribution is 7.89. The van der Waals surface area contributed by atoms with E-state index in [0.717, 1.165) is 16.3 Å². The first-order chi connectivity index (χ1) is 7.94. The van der Waals surface area contributed by atoms with Crippen LogP contribution in [0, 0.1) is 6.92 Å². The van der Waals surface area contributed by atoms with Gasteiger partial charge in [-0.25, -0.2) is 12.7 Å². The van der Waals surface area contributed by atoms with Crippen molar-refractivity contribution in [3.05, 3.63) is 42.0 Å². The zero-order chi connectivity index (χ0) is 12.6. The maximum Gasteiger partial charge on any atom is 0.243 e. The summed E-state index contributed by atoms with van der Waals surface area (Å²) in [5, 5.41) is 1.76. The summed E-state index contributed by atoms with van der Waals surface area (Å²) in [4.78, 5) is 0.373. The maximum absolute atomic E-state index is 12.2. The smallest absolute Gasteiger partial charge is 0.207 e. The molecule has 0 aliphatic rings. The highest BCUT2D eigenvalue weighted by Gasteiger charge is 2.20. The minimum Gasteiger partial charge on any atom is -0.207 e. The van der Waals surface area contributed by atoms with Crippen molar-refractivity contribution >= 4 is 20.8 Å². The zero-order valence-electron chi connectivity index (χ0n) is 10.1. The standard InChI is InChI=1S/C13H15NO2S/c1-10-6-4-7-11-8-5-9-12(13(10)11)17(15,16)14(2)3/h4-9H,1-3H3. The number of hydrogen-bond donors (Lipinski definition) is 0. The molecule has 0 bridgehead atoms. The lowest BCUT2D eigenvalue weighted by Gasteiger charge is -2.14. The van der Waals surface area contributed by atoms with Gasteiger partial charge in [-0.2, -0.15) is 0 Å². The van der Waals surface area contributed by atoms with E-state index in [9.17, 15) is 8.42 Å². The summed E-state index contributed by atoms with van der Waals surface area (Å²) >= 11 is 0. The van der Waals surface area contributed by atoms with E-state index in [4.69, 9.17) is 0 Å². The van der Waals surface area contributed by atoms with Gasteiger partial charge in [0.05, 0.1) is 4.90 Å². The van der Waals surface area contributed by atoms with Crippen LogP contribution in [0.2, 0.25) is 0 Å². The summed E-state index contributed by atoms with van der Waals surface area (Å²) in [5.41, 5.74) is 0.975. The molecular weight excluding hydrogens is 234 g/mol. The van der Waals surface area contributed by atoms with Gasteiger partial charge in [0.25, 0.3) is 0 Å². The van der Waals surface area contributed by atoms with Gasteiger partial charge >= 0.3 is 0 Å². The lowest BCUT2D eigenvalue weighted by atomic mass is 10.1. The van der Waals surface area contributed by atoms with Crippen LogP contribution in [0.3, 0.4) is 0 Å². The van der Waals surface area contributed by atoms with Crippen molar-refractivity contribution in [3.63, 3.8) is 0 Å². The molecule has 0 spiro atoms. The van der Waals surface area contributed by atoms with Crippen molar-refractivity contribution in [2.24, 2.45) is 0 Å². The number of aryl methyl sites for hydroxylation is 1. The van der Waals surface area contributed by atoms with Crippen molar-refractivity contribution < 1.29 is 8.42 Å². The molecule has 0 aliphatic carbocycles. The van der Waals surface area contributed by atoms with Gasteiger partial charge in [-0.05, 0) is 23.9 Å². The molecule has 0 heterocycles. The minimum atomic E-state index is -3.39. The summed E-state index contributed by atoms with van der Waals surface area (Å²) in [5.74, 6) is 0. The molecule has 0 N–H and O–H groups in total. The predicted octanol–water partition coefficient (Wildman–Crippen LogP) is 2.40. The molecule has 2 rings (SSSR count). The Morgan fingerprint density at radius 1 is 1.00 bits per heavy atom. The lowest BCUT2D eigenvalue weighted by molar-refractivity contribution is 0.521. The highest BCUT2D eigenvalue weighted by atomic mass is 32.2. The van der Waals surface area contributed by atoms with Crippen molar-refractivity contribution in [1.29, 1.82) is 0 Å². The van der Waals surface area contributed by atoms with Crippen molar-refractivity contribution in [1.82, 2.24) is 4.31 Å². The molecule has 90 valence electrons. The van der Waals surface area contributed by atoms with E-state index >= 15 is 0 Å². The summed E-state index contributed by atoms with van der Waals surface area (Å²) in [6, 6.07) is 11.2. The van der Waals surface area contributed by atoms with Crippen LogP contribution in [-0.4, -0.2) is 26.8 Å². The molecule has 0 aromatic heterocycles. The number of sulfonamides is 1. The Morgan fingerprint density at radius 3 is 2.18 bits per heavy atom. The number of fused-ring (bicyclic) bond motifs is 1. The molecule has 0 radical (unpaired) electrons. The molecule has 0 unspecified atom stereocenters. The largest absolute Gasteiger partial charge is 0.243 e. The summed E-state index contributed by atoms with van der Waals surface area (Å²) in [7, 11) is -0.297. The zero-order valence-corrected chi connectivity index (χ0v) is 11.0. The predicted molar refractivity (Wildman–Crippen MR) is 69.6 cm³/mol. The van der Waals surface area contributed by atoms with Crippen LogP contribution in [0.25, 0.3) is 10.8 Å². The molecule has 0 saturated heterocycles. The second-order valence-corrected chi connectivity index (χ2v) is 6.34. The summed E-state index contributed by atoms with van der Waals surface area (Å²) in [6.07, 6.45) is 0. The third-order valence-electron chi connectivity index (χ3n) is 2.83. The molecule has 4 heteroatoms. The SMILES string of the molecule is Cc1cccc2cccc(S(=O)(=O)N(C)C)c12. The average Bonchev–Trinajstić information content (AvgIpc) is 2.28. The van der Waals surface area contributed by atoms with Gasteiger partial charge in [0.2, 0.25) is 10.0 Å². The number of nitrogens with zero attached hydrogens (tertiary/aromatic N) is 1. The van der Waals surface area contributed by atoms with E-state index in [1.54, 1.807) is 26.2 Å². The number of benzene rings is 2. The quantitative estimate of drug-likeness (QED) is 0.819. The molecule has 17 heavy (non-hydrogen) atoms. The molecule has 2 aromatic carbocycles. The van der Waals surface area contributed by atoms with Gasteiger partial charge in [0.15, 0.2) is 0 Å². The van der Waals surface area contributed by atoms with E-state index < -0.39 is 10.0 Å². The number of rotatable bonds is 2. The molecule has 0 atom stereocenters. The Kier molecular flexibility index (Phi) is 2.93. The van der Waals surface area contributed by atoms with Gasteiger partial charge in [-0.1, -0.05) is 30.3 Å². The third kappa shape index (κ3) is 1.94. The minimum absolute atomic E-state index is 0.373. The van der Waals surface area contributed by atoms with Gasteiger partial charge in [-0.3, -0.25) is 0 Å². The van der Waals surface area contributed by atoms with E-state index in [1.807, 2.05) is 31.2 Å². The van der Waals surface area contributed by atoms with Crippen molar-refractivity contribution in [2.45, 2.75) is 11.8 Å². The van der Waals surface area contributed by atoms with Crippen molar-refractivity contribution in [3.8, 4) is 0 Å². The van der Waals surface area contributed by atoms with E-state index in [1.165, 1.54) is 4.31 Å². The maximum atomic E-state index is 12.2. The lowest BCUT2D eigenvalue weighted by Crippen LogP contribution is -2.22. The normalized spacial score (nSPS) is 12.2. The Bertz CT molecular complexity index is 655. The molecule has 0 aliphatic heterocycles. The van der Waals surface area contributed by atoms with E-state index in [2.05, 4.69) is 0 Å². The van der Waals surface area contributed by atoms with E-state index in [-0.39, 0.29) is 0 Å². The second-order valence-electron chi connectivity index (χ2n) is 4.22. The van der Waals surface area contributed by atoms with Gasteiger partial charge in [0.1, 0.15) is 0 Å². The molecule has 3 nitrogen and oxygen atoms in total. The Labute approximate surface area is 102 Å². The highest BCUT2D eigenvalue weighted by Crippen LogP contribution is 2.27. The molecular formula is C13H15NO2S. The monoisotopic (exact) mass is 249 g/mol. The van der Waals surface area contributed by atoms with Crippen LogP contribution in [0.15, 0.2) is 41.3 Å². The van der Waals surface area contributed by atoms with Gasteiger partial charge < -0.3 is 0 Å². The molecule has 0 fully saturated rings. The Morgan fingerprint density at radius 2 is 1.59 bits per heavy atom. The Balaban J connectivity index is 2.89. The molecule has 2 aromatic rings. The first-order valence-electron chi connectivity index (χ1n) is 5.35. The van der Waals surface area contributed by atoms with Gasteiger partial charge in [0, 0.05) is 19.5 Å². The van der Waals surface area contributed by atoms with Crippen LogP contribution >= 0.6 is 0 Å². The molecule has 0 amide bonds. The van der Waals surface area contributed by atoms with Crippen LogP contribution < -0.4 is 0 Å². The summed E-state index contributed by atoms with van der Waals surface area (Å²) < 4.78 is 25.7. The first kappa shape index (κ1) is 12.1. The fraction of sp³-hybridized carbons (Fsp3) is 0.231. The van der Waals surface area contributed by atoms with Crippen molar-refractivity contribution in [2.75, 3.05) is 14.1 Å². The van der Waals surface area contributed by atoms with E-state index in [0.29, 0.717) is 4.90 Å². The van der Waals surface area contributed by atoms with Crippen LogP contribution in [-0.2, 0) is 10.0 Å².